The molecule has 7 heteroatoms. The van der Waals surface area contributed by atoms with E-state index in [1.54, 1.807) is 13.8 Å². The van der Waals surface area contributed by atoms with Gasteiger partial charge in [0.2, 0.25) is 0 Å². The van der Waals surface area contributed by atoms with Crippen molar-refractivity contribution in [3.63, 3.8) is 0 Å². The fraction of sp³-hybridized carbons (Fsp3) is 0.526. The Morgan fingerprint density at radius 3 is 2.62 bits per heavy atom. The SMILES string of the molecule is CC(C)O.CN(C)CCc1c[nH]c2ccc(C[C@H]3COC(=O)N3)cc12.O. The molecular formula is C19H31N3O4. The smallest absolute Gasteiger partial charge is 0.407 e. The van der Waals surface area contributed by atoms with E-state index in [0.29, 0.717) is 6.61 Å². The number of alkyl carbamates (subject to hydrolysis) is 1. The lowest BCUT2D eigenvalue weighted by Gasteiger charge is -2.09. The Morgan fingerprint density at radius 1 is 1.35 bits per heavy atom. The number of amides is 1. The molecule has 0 spiro atoms. The molecule has 146 valence electrons. The molecule has 1 aromatic heterocycles. The first-order chi connectivity index (χ1) is 11.8. The zero-order chi connectivity index (χ0) is 18.4. The predicted octanol–water partition coefficient (Wildman–Crippen LogP) is 1.49. The summed E-state index contributed by atoms with van der Waals surface area (Å²) in [6.07, 6.45) is 3.45. The number of rotatable bonds is 5. The van der Waals surface area contributed by atoms with Crippen LogP contribution in [-0.4, -0.2) is 66.0 Å². The third-order valence-corrected chi connectivity index (χ3v) is 3.88. The molecule has 0 aliphatic carbocycles. The maximum Gasteiger partial charge on any atom is 0.407 e. The summed E-state index contributed by atoms with van der Waals surface area (Å²) < 4.78 is 4.94. The maximum atomic E-state index is 11.1. The number of hydrogen-bond acceptors (Lipinski definition) is 4. The topological polar surface area (TPSA) is 109 Å². The minimum Gasteiger partial charge on any atom is -0.447 e. The Morgan fingerprint density at radius 2 is 2.04 bits per heavy atom. The van der Waals surface area contributed by atoms with E-state index in [0.717, 1.165) is 19.4 Å². The van der Waals surface area contributed by atoms with Gasteiger partial charge in [-0.25, -0.2) is 4.79 Å². The lowest BCUT2D eigenvalue weighted by molar-refractivity contribution is 0.177. The Balaban J connectivity index is 0.000000616. The van der Waals surface area contributed by atoms with Crippen molar-refractivity contribution in [1.82, 2.24) is 15.2 Å². The first-order valence-electron chi connectivity index (χ1n) is 8.70. The highest BCUT2D eigenvalue weighted by atomic mass is 16.6. The lowest BCUT2D eigenvalue weighted by atomic mass is 10.0. The Bertz CT molecular complexity index is 694. The van der Waals surface area contributed by atoms with Crippen LogP contribution in [0.4, 0.5) is 4.79 Å². The van der Waals surface area contributed by atoms with Gasteiger partial charge in [-0.1, -0.05) is 6.07 Å². The predicted molar refractivity (Wildman–Crippen MR) is 104 cm³/mol. The van der Waals surface area contributed by atoms with Gasteiger partial charge in [0.05, 0.1) is 6.04 Å². The summed E-state index contributed by atoms with van der Waals surface area (Å²) in [4.78, 5) is 16.6. The molecule has 1 amide bonds. The maximum absolute atomic E-state index is 11.1. The van der Waals surface area contributed by atoms with Gasteiger partial charge in [-0.05, 0) is 64.0 Å². The summed E-state index contributed by atoms with van der Waals surface area (Å²) in [5.41, 5.74) is 3.73. The third kappa shape index (κ3) is 6.67. The van der Waals surface area contributed by atoms with E-state index in [-0.39, 0.29) is 23.7 Å². The van der Waals surface area contributed by atoms with Gasteiger partial charge >= 0.3 is 6.09 Å². The number of aromatic nitrogens is 1. The molecule has 1 fully saturated rings. The molecule has 0 radical (unpaired) electrons. The van der Waals surface area contributed by atoms with Crippen LogP contribution in [0.1, 0.15) is 25.0 Å². The van der Waals surface area contributed by atoms with Crippen LogP contribution in [0.25, 0.3) is 10.9 Å². The number of aromatic amines is 1. The number of hydrogen-bond donors (Lipinski definition) is 3. The highest BCUT2D eigenvalue weighted by molar-refractivity contribution is 5.84. The van der Waals surface area contributed by atoms with E-state index >= 15 is 0 Å². The summed E-state index contributed by atoms with van der Waals surface area (Å²) in [6, 6.07) is 6.53. The van der Waals surface area contributed by atoms with Gasteiger partial charge in [0.15, 0.2) is 0 Å². The van der Waals surface area contributed by atoms with Crippen LogP contribution in [0.2, 0.25) is 0 Å². The van der Waals surface area contributed by atoms with E-state index in [1.807, 2.05) is 0 Å². The van der Waals surface area contributed by atoms with E-state index in [1.165, 1.54) is 22.0 Å². The molecule has 1 saturated heterocycles. The van der Waals surface area contributed by atoms with E-state index in [9.17, 15) is 4.79 Å². The number of likely N-dealkylation sites (N-methyl/N-ethyl adjacent to an activating group) is 1. The number of nitrogens with zero attached hydrogens (tertiary/aromatic N) is 1. The van der Waals surface area contributed by atoms with Crippen molar-refractivity contribution >= 4 is 17.0 Å². The van der Waals surface area contributed by atoms with Crippen molar-refractivity contribution in [3.8, 4) is 0 Å². The zero-order valence-electron chi connectivity index (χ0n) is 16.0. The van der Waals surface area contributed by atoms with Gasteiger partial charge in [0, 0.05) is 29.7 Å². The second-order valence-corrected chi connectivity index (χ2v) is 6.98. The number of fused-ring (bicyclic) bond motifs is 1. The number of cyclic esters (lactones) is 1. The number of ether oxygens (including phenoxy) is 1. The van der Waals surface area contributed by atoms with Crippen LogP contribution in [0, 0.1) is 0 Å². The van der Waals surface area contributed by atoms with Crippen LogP contribution < -0.4 is 5.32 Å². The lowest BCUT2D eigenvalue weighted by Crippen LogP contribution is -2.28. The minimum absolute atomic E-state index is 0. The molecule has 2 heterocycles. The van der Waals surface area contributed by atoms with Gasteiger partial charge in [0.1, 0.15) is 6.61 Å². The van der Waals surface area contributed by atoms with Crippen LogP contribution in [0.15, 0.2) is 24.4 Å². The van der Waals surface area contributed by atoms with Crippen molar-refractivity contribution in [2.45, 2.75) is 38.8 Å². The second kappa shape index (κ2) is 10.2. The Hall–Kier alpha value is -2.09. The van der Waals surface area contributed by atoms with Crippen molar-refractivity contribution in [3.05, 3.63) is 35.5 Å². The molecule has 1 aliphatic rings. The normalized spacial score (nSPS) is 16.1. The summed E-state index contributed by atoms with van der Waals surface area (Å²) in [5.74, 6) is 0. The molecule has 0 unspecified atom stereocenters. The molecular weight excluding hydrogens is 334 g/mol. The molecule has 1 aliphatic heterocycles. The number of carbonyl (C=O) groups is 1. The molecule has 0 bridgehead atoms. The van der Waals surface area contributed by atoms with Gasteiger partial charge in [0.25, 0.3) is 0 Å². The number of benzene rings is 1. The van der Waals surface area contributed by atoms with Crippen LogP contribution in [0.3, 0.4) is 0 Å². The summed E-state index contributed by atoms with van der Waals surface area (Å²) >= 11 is 0. The Labute approximate surface area is 154 Å². The van der Waals surface area contributed by atoms with Crippen LogP contribution >= 0.6 is 0 Å². The molecule has 3 rings (SSSR count). The highest BCUT2D eigenvalue weighted by Crippen LogP contribution is 2.21. The van der Waals surface area contributed by atoms with Crippen molar-refractivity contribution in [1.29, 1.82) is 0 Å². The highest BCUT2D eigenvalue weighted by Gasteiger charge is 2.22. The van der Waals surface area contributed by atoms with Gasteiger partial charge in [-0.15, -0.1) is 0 Å². The fourth-order valence-corrected chi connectivity index (χ4v) is 2.72. The Kier molecular flexibility index (Phi) is 8.57. The molecule has 2 aromatic rings. The molecule has 0 saturated carbocycles. The summed E-state index contributed by atoms with van der Waals surface area (Å²) in [5, 5.41) is 12.2. The standard InChI is InChI=1S/C16H21N3O2.C3H8O.H2O/c1-19(2)6-5-12-9-17-15-4-3-11(8-14(12)15)7-13-10-21-16(20)18-13;1-3(2)4;/h3-4,8-9,13,17H,5-7,10H2,1-2H3,(H,18,20);3-4H,1-2H3;1H2/t13-;;/m0../s1. The summed E-state index contributed by atoms with van der Waals surface area (Å²) in [6.45, 7) is 4.93. The molecule has 26 heavy (non-hydrogen) atoms. The first-order valence-corrected chi connectivity index (χ1v) is 8.70. The van der Waals surface area contributed by atoms with Gasteiger partial charge in [-0.3, -0.25) is 0 Å². The van der Waals surface area contributed by atoms with Gasteiger partial charge < -0.3 is 30.5 Å². The van der Waals surface area contributed by atoms with Gasteiger partial charge in [-0.2, -0.15) is 0 Å². The van der Waals surface area contributed by atoms with Crippen LogP contribution in [-0.2, 0) is 17.6 Å². The quantitative estimate of drug-likeness (QED) is 0.745. The monoisotopic (exact) mass is 365 g/mol. The van der Waals surface area contributed by atoms with Crippen molar-refractivity contribution < 1.29 is 20.1 Å². The summed E-state index contributed by atoms with van der Waals surface area (Å²) in [7, 11) is 4.17. The van der Waals surface area contributed by atoms with Crippen molar-refractivity contribution in [2.24, 2.45) is 0 Å². The molecule has 1 aromatic carbocycles. The number of aliphatic hydroxyl groups excluding tert-OH is 1. The van der Waals surface area contributed by atoms with Crippen molar-refractivity contribution in [2.75, 3.05) is 27.2 Å². The molecule has 5 N–H and O–H groups in total. The second-order valence-electron chi connectivity index (χ2n) is 6.98. The molecule has 7 nitrogen and oxygen atoms in total. The number of carbonyl (C=O) groups excluding carboxylic acids is 1. The first kappa shape index (κ1) is 22.0. The minimum atomic E-state index is -0.311. The van der Waals surface area contributed by atoms with E-state index in [2.05, 4.69) is 53.7 Å². The average molecular weight is 365 g/mol. The fourth-order valence-electron chi connectivity index (χ4n) is 2.72. The van der Waals surface area contributed by atoms with E-state index in [4.69, 9.17) is 9.84 Å². The number of H-pyrrole nitrogens is 1. The van der Waals surface area contributed by atoms with Crippen LogP contribution in [0.5, 0.6) is 0 Å². The molecule has 1 atom stereocenters. The number of nitrogens with one attached hydrogen (secondary N) is 2. The average Bonchev–Trinajstić information content (AvgIpc) is 3.10. The zero-order valence-corrected chi connectivity index (χ0v) is 16.0. The van der Waals surface area contributed by atoms with E-state index < -0.39 is 0 Å². The third-order valence-electron chi connectivity index (χ3n) is 3.88. The number of aliphatic hydroxyl groups is 1. The largest absolute Gasteiger partial charge is 0.447 e.